The first-order valence-electron chi connectivity index (χ1n) is 6.02. The van der Waals surface area contributed by atoms with E-state index in [1.165, 1.54) is 37.3 Å². The number of hydrogen-bond donors (Lipinski definition) is 1. The topological polar surface area (TPSA) is 82.6 Å². The number of carbonyl (C=O) groups is 1. The Balaban J connectivity index is 2.86. The molecule has 1 heterocycles. The first-order chi connectivity index (χ1) is 9.16. The van der Waals surface area contributed by atoms with Crippen molar-refractivity contribution in [2.75, 3.05) is 33.5 Å². The Hall–Kier alpha value is -1.67. The molecule has 0 aliphatic heterocycles. The molecule has 0 radical (unpaired) electrons. The number of nitrogens with one attached hydrogen (secondary N) is 1. The van der Waals surface area contributed by atoms with Crippen molar-refractivity contribution in [1.82, 2.24) is 14.2 Å². The molecule has 1 N–H and O–H groups in total. The molecule has 7 nitrogen and oxygen atoms in total. The smallest absolute Gasteiger partial charge is 0.244 e. The van der Waals surface area contributed by atoms with E-state index >= 15 is 0 Å². The quantitative estimate of drug-likeness (QED) is 0.841. The molecule has 1 atom stereocenters. The molecule has 1 unspecified atom stereocenters. The van der Waals surface area contributed by atoms with E-state index in [0.29, 0.717) is 5.82 Å². The summed E-state index contributed by atoms with van der Waals surface area (Å²) < 4.78 is 24.9. The van der Waals surface area contributed by atoms with Gasteiger partial charge in [-0.1, -0.05) is 0 Å². The van der Waals surface area contributed by atoms with Gasteiger partial charge in [0.25, 0.3) is 0 Å². The van der Waals surface area contributed by atoms with Crippen molar-refractivity contribution in [2.24, 2.45) is 0 Å². The van der Waals surface area contributed by atoms with Crippen LogP contribution in [0.25, 0.3) is 0 Å². The molecular weight excluding hydrogens is 280 g/mol. The number of amides is 1. The zero-order chi connectivity index (χ0) is 15.5. The lowest BCUT2D eigenvalue weighted by Crippen LogP contribution is -2.36. The summed E-state index contributed by atoms with van der Waals surface area (Å²) in [5.74, 6) is 0.363. The number of carbonyl (C=O) groups excluding carboxylic acids is 1. The van der Waals surface area contributed by atoms with Crippen LogP contribution in [0, 0.1) is 0 Å². The van der Waals surface area contributed by atoms with Gasteiger partial charge in [0.2, 0.25) is 15.9 Å². The summed E-state index contributed by atoms with van der Waals surface area (Å²) in [4.78, 5) is 17.3. The van der Waals surface area contributed by atoms with Crippen molar-refractivity contribution in [2.45, 2.75) is 17.9 Å². The van der Waals surface area contributed by atoms with E-state index in [1.807, 2.05) is 0 Å². The normalized spacial score (nSPS) is 13.1. The SMILES string of the molecule is CC(Nc1ccc(S(=O)(=O)N(C)C)cn1)C(=O)N(C)C. The lowest BCUT2D eigenvalue weighted by molar-refractivity contribution is -0.129. The number of hydrogen-bond acceptors (Lipinski definition) is 5. The molecule has 1 aromatic heterocycles. The molecule has 112 valence electrons. The van der Waals surface area contributed by atoms with Crippen LogP contribution in [0.5, 0.6) is 0 Å². The predicted octanol–water partition coefficient (Wildman–Crippen LogP) is 0.221. The van der Waals surface area contributed by atoms with Crippen LogP contribution in [-0.4, -0.2) is 62.7 Å². The highest BCUT2D eigenvalue weighted by Crippen LogP contribution is 2.14. The number of anilines is 1. The minimum absolute atomic E-state index is 0.0863. The van der Waals surface area contributed by atoms with Crippen LogP contribution in [-0.2, 0) is 14.8 Å². The van der Waals surface area contributed by atoms with E-state index < -0.39 is 16.1 Å². The Morgan fingerprint density at radius 3 is 2.25 bits per heavy atom. The molecule has 0 bridgehead atoms. The molecule has 1 aromatic rings. The summed E-state index contributed by atoms with van der Waals surface area (Å²) in [5, 5.41) is 2.92. The van der Waals surface area contributed by atoms with Gasteiger partial charge in [-0.05, 0) is 19.1 Å². The van der Waals surface area contributed by atoms with E-state index in [0.717, 1.165) is 4.31 Å². The van der Waals surface area contributed by atoms with Crippen LogP contribution in [0.1, 0.15) is 6.92 Å². The number of sulfonamides is 1. The number of likely N-dealkylation sites (N-methyl/N-ethyl adjacent to an activating group) is 1. The Bertz CT molecular complexity index is 567. The van der Waals surface area contributed by atoms with Gasteiger partial charge in [-0.15, -0.1) is 0 Å². The second kappa shape index (κ2) is 6.19. The fraction of sp³-hybridized carbons (Fsp3) is 0.500. The maximum atomic E-state index is 11.9. The van der Waals surface area contributed by atoms with Gasteiger partial charge in [-0.2, -0.15) is 0 Å². The molecule has 20 heavy (non-hydrogen) atoms. The first kappa shape index (κ1) is 16.4. The lowest BCUT2D eigenvalue weighted by Gasteiger charge is -2.18. The second-order valence-corrected chi connectivity index (χ2v) is 6.92. The summed E-state index contributed by atoms with van der Waals surface area (Å²) >= 11 is 0. The molecule has 0 aliphatic carbocycles. The Morgan fingerprint density at radius 1 is 1.25 bits per heavy atom. The van der Waals surface area contributed by atoms with Gasteiger partial charge in [-0.25, -0.2) is 17.7 Å². The lowest BCUT2D eigenvalue weighted by atomic mass is 10.3. The number of aromatic nitrogens is 1. The molecule has 0 aromatic carbocycles. The zero-order valence-corrected chi connectivity index (χ0v) is 13.1. The number of pyridine rings is 1. The molecule has 0 saturated heterocycles. The van der Waals surface area contributed by atoms with Gasteiger partial charge in [0.1, 0.15) is 16.8 Å². The van der Waals surface area contributed by atoms with Gasteiger partial charge in [0, 0.05) is 34.4 Å². The van der Waals surface area contributed by atoms with Crippen LogP contribution in [0.4, 0.5) is 5.82 Å². The Labute approximate surface area is 119 Å². The molecule has 0 aliphatic rings. The minimum Gasteiger partial charge on any atom is -0.359 e. The Kier molecular flexibility index (Phi) is 5.07. The van der Waals surface area contributed by atoms with Crippen LogP contribution in [0.3, 0.4) is 0 Å². The molecule has 8 heteroatoms. The Morgan fingerprint density at radius 2 is 1.85 bits per heavy atom. The molecule has 1 amide bonds. The van der Waals surface area contributed by atoms with Crippen LogP contribution >= 0.6 is 0 Å². The molecule has 0 saturated carbocycles. The van der Waals surface area contributed by atoms with Gasteiger partial charge in [-0.3, -0.25) is 4.79 Å². The highest BCUT2D eigenvalue weighted by atomic mass is 32.2. The average Bonchev–Trinajstić information content (AvgIpc) is 2.38. The molecule has 0 spiro atoms. The largest absolute Gasteiger partial charge is 0.359 e. The summed E-state index contributed by atoms with van der Waals surface area (Å²) in [6.07, 6.45) is 1.27. The first-order valence-corrected chi connectivity index (χ1v) is 7.46. The third-order valence-electron chi connectivity index (χ3n) is 2.69. The van der Waals surface area contributed by atoms with Crippen LogP contribution in [0.15, 0.2) is 23.2 Å². The summed E-state index contributed by atoms with van der Waals surface area (Å²) in [7, 11) is 2.77. The van der Waals surface area contributed by atoms with Crippen molar-refractivity contribution in [3.8, 4) is 0 Å². The van der Waals surface area contributed by atoms with Gasteiger partial charge in [0.05, 0.1) is 0 Å². The fourth-order valence-electron chi connectivity index (χ4n) is 1.50. The van der Waals surface area contributed by atoms with Crippen LogP contribution in [0.2, 0.25) is 0 Å². The van der Waals surface area contributed by atoms with E-state index in [2.05, 4.69) is 10.3 Å². The monoisotopic (exact) mass is 300 g/mol. The zero-order valence-electron chi connectivity index (χ0n) is 12.3. The standard InChI is InChI=1S/C12H20N4O3S/c1-9(12(17)15(2)3)14-11-7-6-10(8-13-11)20(18,19)16(4)5/h6-9H,1-5H3,(H,13,14). The highest BCUT2D eigenvalue weighted by molar-refractivity contribution is 7.89. The van der Waals surface area contributed by atoms with Crippen LogP contribution < -0.4 is 5.32 Å². The van der Waals surface area contributed by atoms with E-state index in [4.69, 9.17) is 0 Å². The van der Waals surface area contributed by atoms with Gasteiger partial charge >= 0.3 is 0 Å². The van der Waals surface area contributed by atoms with Crippen molar-refractivity contribution in [1.29, 1.82) is 0 Å². The molecule has 1 rings (SSSR count). The van der Waals surface area contributed by atoms with Crippen molar-refractivity contribution in [3.05, 3.63) is 18.3 Å². The van der Waals surface area contributed by atoms with Gasteiger partial charge in [0.15, 0.2) is 0 Å². The van der Waals surface area contributed by atoms with E-state index in [-0.39, 0.29) is 10.8 Å². The maximum Gasteiger partial charge on any atom is 0.244 e. The number of nitrogens with zero attached hydrogens (tertiary/aromatic N) is 3. The van der Waals surface area contributed by atoms with Gasteiger partial charge < -0.3 is 10.2 Å². The minimum atomic E-state index is -3.48. The summed E-state index contributed by atoms with van der Waals surface area (Å²) in [6, 6.07) is 2.56. The average molecular weight is 300 g/mol. The van der Waals surface area contributed by atoms with E-state index in [9.17, 15) is 13.2 Å². The fourth-order valence-corrected chi connectivity index (χ4v) is 2.35. The van der Waals surface area contributed by atoms with Crippen molar-refractivity contribution >= 4 is 21.7 Å². The predicted molar refractivity (Wildman–Crippen MR) is 76.9 cm³/mol. The van der Waals surface area contributed by atoms with E-state index in [1.54, 1.807) is 21.0 Å². The highest BCUT2D eigenvalue weighted by Gasteiger charge is 2.18. The molecular formula is C12H20N4O3S. The summed E-state index contributed by atoms with van der Waals surface area (Å²) in [5.41, 5.74) is 0. The van der Waals surface area contributed by atoms with Crippen molar-refractivity contribution < 1.29 is 13.2 Å². The third kappa shape index (κ3) is 3.67. The summed E-state index contributed by atoms with van der Waals surface area (Å²) in [6.45, 7) is 1.72. The number of rotatable bonds is 5. The third-order valence-corrected chi connectivity index (χ3v) is 4.49. The van der Waals surface area contributed by atoms with Crippen molar-refractivity contribution in [3.63, 3.8) is 0 Å². The maximum absolute atomic E-state index is 11.9. The second-order valence-electron chi connectivity index (χ2n) is 4.77. The molecule has 0 fully saturated rings.